The van der Waals surface area contributed by atoms with Gasteiger partial charge in [-0.25, -0.2) is 9.97 Å². The van der Waals surface area contributed by atoms with Crippen molar-refractivity contribution in [2.24, 2.45) is 5.92 Å². The molecule has 36 heavy (non-hydrogen) atoms. The lowest BCUT2D eigenvalue weighted by molar-refractivity contribution is -0.143. The summed E-state index contributed by atoms with van der Waals surface area (Å²) in [4.78, 5) is 23.4. The Morgan fingerprint density at radius 1 is 1.22 bits per heavy atom. The number of hydrogen-bond acceptors (Lipinski definition) is 7. The Balaban J connectivity index is 1.49. The standard InChI is InChI=1S/C26H30Cl2N4O4/c1-4-5-16(2)26(33)32-8-9-35-18(13-32)14-36-24-12-22-19(11-23(24)34-3)25(30-15-29-22)31-17-6-7-20(27)21(28)10-17/h6-7,10-12,15-16,18H,4-5,8-9,13-14H2,1-3H3,(H,29,30,31). The summed E-state index contributed by atoms with van der Waals surface area (Å²) in [6, 6.07) is 8.90. The molecule has 1 aliphatic heterocycles. The summed E-state index contributed by atoms with van der Waals surface area (Å²) in [7, 11) is 1.58. The van der Waals surface area contributed by atoms with Gasteiger partial charge in [-0.1, -0.05) is 43.5 Å². The number of carbonyl (C=O) groups excluding carboxylic acids is 1. The molecule has 0 spiro atoms. The summed E-state index contributed by atoms with van der Waals surface area (Å²) in [6.07, 6.45) is 3.12. The molecular formula is C26H30Cl2N4O4. The Hall–Kier alpha value is -2.81. The minimum Gasteiger partial charge on any atom is -0.493 e. The highest BCUT2D eigenvalue weighted by Gasteiger charge is 2.27. The van der Waals surface area contributed by atoms with Crippen LogP contribution in [-0.2, 0) is 9.53 Å². The van der Waals surface area contributed by atoms with Gasteiger partial charge in [0.25, 0.3) is 0 Å². The highest BCUT2D eigenvalue weighted by molar-refractivity contribution is 6.42. The molecule has 4 rings (SSSR count). The minimum atomic E-state index is -0.228. The van der Waals surface area contributed by atoms with Crippen LogP contribution in [0.25, 0.3) is 10.9 Å². The number of aromatic nitrogens is 2. The number of amides is 1. The van der Waals surface area contributed by atoms with Gasteiger partial charge in [0.2, 0.25) is 5.91 Å². The predicted molar refractivity (Wildman–Crippen MR) is 142 cm³/mol. The van der Waals surface area contributed by atoms with E-state index in [1.54, 1.807) is 19.2 Å². The smallest absolute Gasteiger partial charge is 0.225 e. The van der Waals surface area contributed by atoms with Gasteiger partial charge in [-0.05, 0) is 30.7 Å². The lowest BCUT2D eigenvalue weighted by atomic mass is 10.0. The zero-order chi connectivity index (χ0) is 25.7. The van der Waals surface area contributed by atoms with Crippen LogP contribution in [0.5, 0.6) is 11.5 Å². The number of hydrogen-bond donors (Lipinski definition) is 1. The van der Waals surface area contributed by atoms with E-state index in [1.165, 1.54) is 6.33 Å². The molecule has 0 bridgehead atoms. The molecule has 0 saturated carbocycles. The molecule has 2 atom stereocenters. The molecule has 0 aliphatic carbocycles. The summed E-state index contributed by atoms with van der Waals surface area (Å²) in [6.45, 7) is 5.96. The lowest BCUT2D eigenvalue weighted by Gasteiger charge is -2.34. The second-order valence-corrected chi connectivity index (χ2v) is 9.59. The largest absolute Gasteiger partial charge is 0.493 e. The third-order valence-corrected chi connectivity index (χ3v) is 6.86. The summed E-state index contributed by atoms with van der Waals surface area (Å²) in [5.74, 6) is 1.85. The zero-order valence-corrected chi connectivity index (χ0v) is 22.1. The molecule has 1 N–H and O–H groups in total. The topological polar surface area (TPSA) is 85.8 Å². The molecule has 1 aliphatic rings. The number of halogens is 2. The van der Waals surface area contributed by atoms with Crippen LogP contribution in [0.4, 0.5) is 11.5 Å². The quantitative estimate of drug-likeness (QED) is 0.376. The maximum absolute atomic E-state index is 12.7. The number of carbonyl (C=O) groups is 1. The first-order chi connectivity index (χ1) is 17.4. The van der Waals surface area contributed by atoms with E-state index in [1.807, 2.05) is 30.0 Å². The van der Waals surface area contributed by atoms with Gasteiger partial charge in [0.1, 0.15) is 24.9 Å². The van der Waals surface area contributed by atoms with E-state index >= 15 is 0 Å². The zero-order valence-electron chi connectivity index (χ0n) is 20.6. The summed E-state index contributed by atoms with van der Waals surface area (Å²) >= 11 is 12.2. The average molecular weight is 533 g/mol. The maximum atomic E-state index is 12.7. The van der Waals surface area contributed by atoms with Crippen LogP contribution >= 0.6 is 23.2 Å². The first-order valence-electron chi connectivity index (χ1n) is 12.0. The molecule has 2 unspecified atom stereocenters. The number of nitrogens with zero attached hydrogens (tertiary/aromatic N) is 3. The van der Waals surface area contributed by atoms with Crippen molar-refractivity contribution in [3.8, 4) is 11.5 Å². The Labute approximate surface area is 220 Å². The molecule has 1 aromatic heterocycles. The van der Waals surface area contributed by atoms with Crippen molar-refractivity contribution in [1.82, 2.24) is 14.9 Å². The number of ether oxygens (including phenoxy) is 3. The molecular weight excluding hydrogens is 503 g/mol. The normalized spacial score (nSPS) is 16.6. The SMILES string of the molecule is CCCC(C)C(=O)N1CCOC(COc2cc3ncnc(Nc4ccc(Cl)c(Cl)c4)c3cc2OC)C1. The fourth-order valence-corrected chi connectivity index (χ4v) is 4.52. The van der Waals surface area contributed by atoms with Gasteiger partial charge in [0, 0.05) is 29.6 Å². The van der Waals surface area contributed by atoms with Crippen LogP contribution < -0.4 is 14.8 Å². The molecule has 1 saturated heterocycles. The van der Waals surface area contributed by atoms with Crippen molar-refractivity contribution in [2.45, 2.75) is 32.8 Å². The Morgan fingerprint density at radius 2 is 2.06 bits per heavy atom. The van der Waals surface area contributed by atoms with Gasteiger partial charge in [0.05, 0.1) is 35.8 Å². The molecule has 1 amide bonds. The molecule has 192 valence electrons. The van der Waals surface area contributed by atoms with Crippen molar-refractivity contribution >= 4 is 51.5 Å². The van der Waals surface area contributed by atoms with Crippen LogP contribution in [0.3, 0.4) is 0 Å². The molecule has 2 aromatic carbocycles. The van der Waals surface area contributed by atoms with Crippen molar-refractivity contribution in [3.63, 3.8) is 0 Å². The fourth-order valence-electron chi connectivity index (χ4n) is 4.22. The molecule has 3 aromatic rings. The van der Waals surface area contributed by atoms with Crippen LogP contribution in [0.1, 0.15) is 26.7 Å². The van der Waals surface area contributed by atoms with E-state index in [9.17, 15) is 4.79 Å². The number of methoxy groups -OCH3 is 1. The average Bonchev–Trinajstić information content (AvgIpc) is 2.89. The van der Waals surface area contributed by atoms with Crippen LogP contribution in [0.2, 0.25) is 10.0 Å². The molecule has 2 heterocycles. The van der Waals surface area contributed by atoms with Crippen LogP contribution in [-0.4, -0.2) is 60.3 Å². The lowest BCUT2D eigenvalue weighted by Crippen LogP contribution is -2.49. The summed E-state index contributed by atoms with van der Waals surface area (Å²) < 4.78 is 17.6. The Bertz CT molecular complexity index is 1230. The number of rotatable bonds is 9. The fraction of sp³-hybridized carbons (Fsp3) is 0.423. The van der Waals surface area contributed by atoms with Gasteiger partial charge in [-0.3, -0.25) is 4.79 Å². The van der Waals surface area contributed by atoms with Crippen LogP contribution in [0.15, 0.2) is 36.7 Å². The van der Waals surface area contributed by atoms with E-state index < -0.39 is 0 Å². The first kappa shape index (κ1) is 26.3. The minimum absolute atomic E-state index is 0.0154. The molecule has 0 radical (unpaired) electrons. The Morgan fingerprint density at radius 3 is 2.81 bits per heavy atom. The van der Waals surface area contributed by atoms with E-state index in [4.69, 9.17) is 37.4 Å². The highest BCUT2D eigenvalue weighted by atomic mass is 35.5. The van der Waals surface area contributed by atoms with Gasteiger partial charge >= 0.3 is 0 Å². The monoisotopic (exact) mass is 532 g/mol. The number of benzene rings is 2. The van der Waals surface area contributed by atoms with E-state index in [0.29, 0.717) is 52.6 Å². The van der Waals surface area contributed by atoms with Gasteiger partial charge in [-0.15, -0.1) is 0 Å². The molecule has 1 fully saturated rings. The Kier molecular flexibility index (Phi) is 8.72. The van der Waals surface area contributed by atoms with E-state index in [0.717, 1.165) is 23.9 Å². The molecule has 10 heteroatoms. The highest BCUT2D eigenvalue weighted by Crippen LogP contribution is 2.35. The van der Waals surface area contributed by atoms with E-state index in [2.05, 4.69) is 22.2 Å². The van der Waals surface area contributed by atoms with Gasteiger partial charge in [-0.2, -0.15) is 0 Å². The van der Waals surface area contributed by atoms with Crippen molar-refractivity contribution in [1.29, 1.82) is 0 Å². The maximum Gasteiger partial charge on any atom is 0.225 e. The van der Waals surface area contributed by atoms with Crippen molar-refractivity contribution in [3.05, 3.63) is 46.7 Å². The molecule has 8 nitrogen and oxygen atoms in total. The first-order valence-corrected chi connectivity index (χ1v) is 12.7. The second kappa shape index (κ2) is 12.0. The van der Waals surface area contributed by atoms with Crippen molar-refractivity contribution < 1.29 is 19.0 Å². The number of nitrogens with one attached hydrogen (secondary N) is 1. The third-order valence-electron chi connectivity index (χ3n) is 6.12. The number of anilines is 2. The number of fused-ring (bicyclic) bond motifs is 1. The van der Waals surface area contributed by atoms with E-state index in [-0.39, 0.29) is 24.5 Å². The number of morpholine rings is 1. The van der Waals surface area contributed by atoms with Crippen LogP contribution in [0, 0.1) is 5.92 Å². The third kappa shape index (κ3) is 6.11. The van der Waals surface area contributed by atoms with Gasteiger partial charge < -0.3 is 24.4 Å². The van der Waals surface area contributed by atoms with Crippen molar-refractivity contribution in [2.75, 3.05) is 38.7 Å². The summed E-state index contributed by atoms with van der Waals surface area (Å²) in [5.41, 5.74) is 1.42. The van der Waals surface area contributed by atoms with Gasteiger partial charge in [0.15, 0.2) is 11.5 Å². The summed E-state index contributed by atoms with van der Waals surface area (Å²) in [5, 5.41) is 4.93. The second-order valence-electron chi connectivity index (χ2n) is 8.77. The predicted octanol–water partition coefficient (Wildman–Crippen LogP) is 5.73.